The van der Waals surface area contributed by atoms with Crippen LogP contribution in [0.2, 0.25) is 0 Å². The number of hydrogen-bond donors (Lipinski definition) is 0. The van der Waals surface area contributed by atoms with Crippen LogP contribution in [0.4, 0.5) is 11.4 Å². The number of unbranched alkanes of at least 4 members (excludes halogenated alkanes) is 3. The summed E-state index contributed by atoms with van der Waals surface area (Å²) in [4.78, 5) is 23.8. The highest BCUT2D eigenvalue weighted by Crippen LogP contribution is 2.66. The van der Waals surface area contributed by atoms with Crippen molar-refractivity contribution in [3.05, 3.63) is 66.7 Å². The van der Waals surface area contributed by atoms with Crippen LogP contribution in [0.5, 0.6) is 5.75 Å². The van der Waals surface area contributed by atoms with Crippen LogP contribution < -0.4 is 4.74 Å². The molecule has 2 bridgehead atoms. The van der Waals surface area contributed by atoms with Gasteiger partial charge in [0.15, 0.2) is 0 Å². The summed E-state index contributed by atoms with van der Waals surface area (Å²) in [5.41, 5.74) is 2.17. The van der Waals surface area contributed by atoms with Gasteiger partial charge in [0.1, 0.15) is 11.9 Å². The monoisotopic (exact) mass is 532 g/mol. The van der Waals surface area contributed by atoms with E-state index < -0.39 is 0 Å². The van der Waals surface area contributed by atoms with Crippen molar-refractivity contribution in [1.29, 1.82) is 0 Å². The minimum atomic E-state index is -0.374. The Labute approximate surface area is 231 Å². The SMILES string of the molecule is C=CC(=O)OCCCCCCOc1ccc(N=Nc2ccc(C(=O)OC3CC4CCC3(C)C4(C)C)cc2)cc1. The summed E-state index contributed by atoms with van der Waals surface area (Å²) in [6.07, 6.45) is 8.22. The largest absolute Gasteiger partial charge is 0.494 e. The van der Waals surface area contributed by atoms with Gasteiger partial charge in [-0.15, -0.1) is 0 Å². The molecule has 4 rings (SSSR count). The van der Waals surface area contributed by atoms with Gasteiger partial charge < -0.3 is 14.2 Å². The molecule has 0 aliphatic heterocycles. The zero-order valence-corrected chi connectivity index (χ0v) is 23.4. The normalized spacial score (nSPS) is 23.1. The van der Waals surface area contributed by atoms with Gasteiger partial charge in [-0.3, -0.25) is 0 Å². The number of azo groups is 1. The molecule has 0 spiro atoms. The van der Waals surface area contributed by atoms with Crippen molar-refractivity contribution in [2.45, 2.75) is 71.8 Å². The summed E-state index contributed by atoms with van der Waals surface area (Å²) in [5, 5.41) is 8.59. The van der Waals surface area contributed by atoms with Crippen LogP contribution in [0.1, 0.15) is 76.1 Å². The number of carbonyl (C=O) groups is 2. The molecule has 0 radical (unpaired) electrons. The third kappa shape index (κ3) is 6.75. The van der Waals surface area contributed by atoms with E-state index in [2.05, 4.69) is 37.6 Å². The Hall–Kier alpha value is -3.48. The Bertz CT molecular complexity index is 1170. The molecule has 2 aliphatic rings. The molecular weight excluding hydrogens is 492 g/mol. The second-order valence-corrected chi connectivity index (χ2v) is 11.4. The van der Waals surface area contributed by atoms with Gasteiger partial charge >= 0.3 is 11.9 Å². The van der Waals surface area contributed by atoms with E-state index in [1.54, 1.807) is 24.3 Å². The molecule has 2 aromatic rings. The van der Waals surface area contributed by atoms with E-state index in [4.69, 9.17) is 14.2 Å². The highest BCUT2D eigenvalue weighted by Gasteiger charge is 2.62. The molecule has 2 aliphatic carbocycles. The first-order valence-electron chi connectivity index (χ1n) is 14.0. The predicted molar refractivity (Wildman–Crippen MR) is 151 cm³/mol. The second-order valence-electron chi connectivity index (χ2n) is 11.4. The molecule has 3 unspecified atom stereocenters. The van der Waals surface area contributed by atoms with Gasteiger partial charge in [0.25, 0.3) is 0 Å². The lowest BCUT2D eigenvalue weighted by Gasteiger charge is -2.38. The number of benzene rings is 2. The fraction of sp³-hybridized carbons (Fsp3) is 0.500. The summed E-state index contributed by atoms with van der Waals surface area (Å²) in [5.74, 6) is 0.768. The molecule has 39 heavy (non-hydrogen) atoms. The molecule has 3 atom stereocenters. The molecule has 0 amide bonds. The minimum Gasteiger partial charge on any atom is -0.494 e. The maximum atomic E-state index is 12.8. The number of fused-ring (bicyclic) bond motifs is 2. The van der Waals surface area contributed by atoms with E-state index in [1.165, 1.54) is 12.5 Å². The number of carbonyl (C=O) groups excluding carboxylic acids is 2. The van der Waals surface area contributed by atoms with Crippen LogP contribution in [0.15, 0.2) is 71.4 Å². The van der Waals surface area contributed by atoms with Crippen molar-refractivity contribution in [2.75, 3.05) is 13.2 Å². The molecular formula is C32H40N2O5. The first-order chi connectivity index (χ1) is 18.7. The van der Waals surface area contributed by atoms with Crippen LogP contribution in [0.25, 0.3) is 0 Å². The van der Waals surface area contributed by atoms with Gasteiger partial charge in [-0.05, 0) is 105 Å². The Morgan fingerprint density at radius 3 is 2.10 bits per heavy atom. The fourth-order valence-electron chi connectivity index (χ4n) is 5.87. The summed E-state index contributed by atoms with van der Waals surface area (Å²) in [6.45, 7) is 11.3. The van der Waals surface area contributed by atoms with E-state index in [0.29, 0.717) is 36.1 Å². The Morgan fingerprint density at radius 2 is 1.54 bits per heavy atom. The zero-order chi connectivity index (χ0) is 27.9. The van der Waals surface area contributed by atoms with E-state index >= 15 is 0 Å². The molecule has 0 aromatic heterocycles. The molecule has 2 aromatic carbocycles. The average Bonchev–Trinajstić information content (AvgIpc) is 3.27. The van der Waals surface area contributed by atoms with E-state index in [9.17, 15) is 9.59 Å². The second kappa shape index (κ2) is 12.6. The maximum absolute atomic E-state index is 12.8. The fourth-order valence-corrected chi connectivity index (χ4v) is 5.87. The van der Waals surface area contributed by atoms with Crippen molar-refractivity contribution in [3.8, 4) is 5.75 Å². The van der Waals surface area contributed by atoms with Gasteiger partial charge in [0, 0.05) is 11.5 Å². The van der Waals surface area contributed by atoms with E-state index in [1.807, 2.05) is 24.3 Å². The minimum absolute atomic E-state index is 0.0225. The molecule has 208 valence electrons. The van der Waals surface area contributed by atoms with Crippen molar-refractivity contribution in [2.24, 2.45) is 27.0 Å². The zero-order valence-electron chi connectivity index (χ0n) is 23.4. The van der Waals surface area contributed by atoms with Gasteiger partial charge in [-0.25, -0.2) is 9.59 Å². The third-order valence-corrected chi connectivity index (χ3v) is 8.90. The molecule has 7 heteroatoms. The van der Waals surface area contributed by atoms with Crippen LogP contribution in [-0.4, -0.2) is 31.3 Å². The Kier molecular flexibility index (Phi) is 9.20. The van der Waals surface area contributed by atoms with Gasteiger partial charge in [0.2, 0.25) is 0 Å². The van der Waals surface area contributed by atoms with E-state index in [0.717, 1.165) is 44.3 Å². The van der Waals surface area contributed by atoms with Crippen LogP contribution in [-0.2, 0) is 14.3 Å². The number of esters is 2. The average molecular weight is 533 g/mol. The Morgan fingerprint density at radius 1 is 0.923 bits per heavy atom. The summed E-state index contributed by atoms with van der Waals surface area (Å²) in [7, 11) is 0. The van der Waals surface area contributed by atoms with Crippen molar-refractivity contribution in [3.63, 3.8) is 0 Å². The molecule has 0 saturated heterocycles. The van der Waals surface area contributed by atoms with Gasteiger partial charge in [0.05, 0.1) is 30.2 Å². The number of ether oxygens (including phenoxy) is 3. The smallest absolute Gasteiger partial charge is 0.338 e. The highest BCUT2D eigenvalue weighted by atomic mass is 16.5. The van der Waals surface area contributed by atoms with E-state index in [-0.39, 0.29) is 28.9 Å². The number of nitrogens with zero attached hydrogens (tertiary/aromatic N) is 2. The lowest BCUT2D eigenvalue weighted by Crippen LogP contribution is -2.38. The summed E-state index contributed by atoms with van der Waals surface area (Å²) < 4.78 is 16.7. The summed E-state index contributed by atoms with van der Waals surface area (Å²) >= 11 is 0. The number of hydrogen-bond acceptors (Lipinski definition) is 7. The lowest BCUT2D eigenvalue weighted by molar-refractivity contribution is -0.137. The van der Waals surface area contributed by atoms with Crippen molar-refractivity contribution < 1.29 is 23.8 Å². The molecule has 0 heterocycles. The third-order valence-electron chi connectivity index (χ3n) is 8.90. The maximum Gasteiger partial charge on any atom is 0.338 e. The molecule has 0 N–H and O–H groups in total. The van der Waals surface area contributed by atoms with Crippen molar-refractivity contribution >= 4 is 23.3 Å². The van der Waals surface area contributed by atoms with Crippen molar-refractivity contribution in [1.82, 2.24) is 0 Å². The highest BCUT2D eigenvalue weighted by molar-refractivity contribution is 5.90. The van der Waals surface area contributed by atoms with Gasteiger partial charge in [-0.1, -0.05) is 27.4 Å². The first kappa shape index (κ1) is 28.5. The van der Waals surface area contributed by atoms with Crippen LogP contribution in [0, 0.1) is 16.7 Å². The van der Waals surface area contributed by atoms with Crippen LogP contribution >= 0.6 is 0 Å². The molecule has 7 nitrogen and oxygen atoms in total. The topological polar surface area (TPSA) is 86.5 Å². The Balaban J connectivity index is 1.18. The van der Waals surface area contributed by atoms with Gasteiger partial charge in [-0.2, -0.15) is 10.2 Å². The number of rotatable bonds is 13. The standard InChI is InChI=1S/C32H40N2O5/c1-5-29(35)38-21-9-7-6-8-20-37-27-16-14-26(15-17-27)34-33-25-12-10-23(11-13-25)30(36)39-28-22-24-18-19-32(28,4)31(24,2)3/h5,10-17,24,28H,1,6-9,18-22H2,2-4H3. The summed E-state index contributed by atoms with van der Waals surface area (Å²) in [6, 6.07) is 14.5. The predicted octanol–water partition coefficient (Wildman–Crippen LogP) is 8.14. The first-order valence-corrected chi connectivity index (χ1v) is 14.0. The molecule has 2 fully saturated rings. The van der Waals surface area contributed by atoms with Crippen LogP contribution in [0.3, 0.4) is 0 Å². The lowest BCUT2D eigenvalue weighted by atomic mass is 9.70. The quantitative estimate of drug-likeness (QED) is 0.112. The molecule has 2 saturated carbocycles.